The van der Waals surface area contributed by atoms with Crippen molar-refractivity contribution in [2.45, 2.75) is 43.7 Å². The number of likely N-dealkylation sites (N-methyl/N-ethyl adjacent to an activating group) is 1. The Bertz CT molecular complexity index is 1570. The van der Waals surface area contributed by atoms with Crippen LogP contribution in [0.25, 0.3) is 11.1 Å². The van der Waals surface area contributed by atoms with Gasteiger partial charge in [0.25, 0.3) is 5.69 Å². The van der Waals surface area contributed by atoms with E-state index in [2.05, 4.69) is 18.0 Å². The fourth-order valence-electron chi connectivity index (χ4n) is 7.88. The molecule has 2 aliphatic heterocycles. The highest BCUT2D eigenvalue weighted by Gasteiger charge is 2.65. The van der Waals surface area contributed by atoms with Crippen LogP contribution < -0.4 is 9.47 Å². The van der Waals surface area contributed by atoms with Crippen molar-refractivity contribution in [1.82, 2.24) is 9.88 Å². The number of hydrogen-bond donors (Lipinski definition) is 0. The minimum absolute atomic E-state index is 0.00500. The molecule has 0 saturated carbocycles. The smallest absolute Gasteiger partial charge is 0.340 e. The highest BCUT2D eigenvalue weighted by molar-refractivity contribution is 5.99. The maximum atomic E-state index is 13.2. The topological polar surface area (TPSA) is 104 Å². The highest BCUT2D eigenvalue weighted by Crippen LogP contribution is 2.67. The lowest BCUT2D eigenvalue weighted by Crippen LogP contribution is -2.62. The van der Waals surface area contributed by atoms with Gasteiger partial charge in [0.2, 0.25) is 0 Å². The first kappa shape index (κ1) is 24.1. The van der Waals surface area contributed by atoms with E-state index < -0.39 is 10.9 Å². The lowest BCUT2D eigenvalue weighted by Gasteiger charge is -2.57. The lowest BCUT2D eigenvalue weighted by atomic mass is 9.51. The van der Waals surface area contributed by atoms with Crippen molar-refractivity contribution in [3.05, 3.63) is 80.2 Å². The van der Waals surface area contributed by atoms with E-state index in [4.69, 9.17) is 19.2 Å². The molecule has 200 valence electrons. The Morgan fingerprint density at radius 1 is 1.18 bits per heavy atom. The van der Waals surface area contributed by atoms with E-state index in [1.54, 1.807) is 19.2 Å². The first-order valence-electron chi connectivity index (χ1n) is 13.2. The quantitative estimate of drug-likeness (QED) is 0.276. The van der Waals surface area contributed by atoms with Crippen molar-refractivity contribution in [2.75, 3.05) is 27.8 Å². The molecule has 1 saturated heterocycles. The highest BCUT2D eigenvalue weighted by atomic mass is 16.6. The molecule has 0 radical (unpaired) electrons. The average molecular weight is 528 g/mol. The summed E-state index contributed by atoms with van der Waals surface area (Å²) in [7, 11) is 5.23. The molecule has 3 aromatic rings. The summed E-state index contributed by atoms with van der Waals surface area (Å²) in [6.07, 6.45) is 2.24. The number of aromatic nitrogens is 1. The lowest BCUT2D eigenvalue weighted by molar-refractivity contribution is -0.384. The molecule has 39 heavy (non-hydrogen) atoms. The number of esters is 1. The summed E-state index contributed by atoms with van der Waals surface area (Å²) in [4.78, 5) is 31.6. The van der Waals surface area contributed by atoms with E-state index >= 15 is 0 Å². The fourth-order valence-corrected chi connectivity index (χ4v) is 7.88. The third-order valence-corrected chi connectivity index (χ3v) is 9.54. The van der Waals surface area contributed by atoms with Crippen molar-refractivity contribution in [3.63, 3.8) is 0 Å². The molecule has 9 heteroatoms. The zero-order chi connectivity index (χ0) is 27.2. The summed E-state index contributed by atoms with van der Waals surface area (Å²) in [5, 5.41) is 11.4. The van der Waals surface area contributed by atoms with Gasteiger partial charge in [-0.15, -0.1) is 0 Å². The number of rotatable bonds is 4. The van der Waals surface area contributed by atoms with E-state index in [1.807, 2.05) is 13.0 Å². The van der Waals surface area contributed by atoms with E-state index in [0.29, 0.717) is 23.7 Å². The van der Waals surface area contributed by atoms with E-state index in [9.17, 15) is 14.9 Å². The Morgan fingerprint density at radius 2 is 1.95 bits per heavy atom. The van der Waals surface area contributed by atoms with E-state index in [1.165, 1.54) is 30.4 Å². The number of nitrogens with zero attached hydrogens (tertiary/aromatic N) is 3. The molecule has 4 unspecified atom stereocenters. The Hall–Kier alpha value is -3.98. The number of nitro benzene ring substituents is 1. The third-order valence-electron chi connectivity index (χ3n) is 9.54. The second kappa shape index (κ2) is 8.26. The minimum Gasteiger partial charge on any atom is -0.493 e. The van der Waals surface area contributed by atoms with Crippen LogP contribution in [0, 0.1) is 23.0 Å². The van der Waals surface area contributed by atoms with Gasteiger partial charge in [0.15, 0.2) is 17.6 Å². The largest absolute Gasteiger partial charge is 0.493 e. The number of likely N-dealkylation sites (tertiary alicyclic amines) is 1. The van der Waals surface area contributed by atoms with Crippen LogP contribution in [0.3, 0.4) is 0 Å². The molecule has 9 nitrogen and oxygen atoms in total. The number of carbonyl (C=O) groups is 1. The van der Waals surface area contributed by atoms with Crippen molar-refractivity contribution < 1.29 is 23.9 Å². The van der Waals surface area contributed by atoms with Gasteiger partial charge in [-0.2, -0.15) is 0 Å². The van der Waals surface area contributed by atoms with Crippen LogP contribution in [0.2, 0.25) is 0 Å². The predicted octanol–water partition coefficient (Wildman–Crippen LogP) is 4.56. The molecule has 1 fully saturated rings. The van der Waals surface area contributed by atoms with Crippen LogP contribution in [0.4, 0.5) is 5.69 Å². The Morgan fingerprint density at radius 3 is 2.64 bits per heavy atom. The molecule has 2 aromatic carbocycles. The Kier molecular flexibility index (Phi) is 5.10. The SMILES string of the molecule is COC(=O)c1c(C)nc2c(c1-c1ccc([N+](=O)[O-])cc1)CC1C3Cc4ccc(OC)c5c4C1(CCN3C)C2O5. The van der Waals surface area contributed by atoms with Crippen molar-refractivity contribution in [2.24, 2.45) is 5.92 Å². The number of benzene rings is 2. The summed E-state index contributed by atoms with van der Waals surface area (Å²) in [6.45, 7) is 2.78. The molecular weight excluding hydrogens is 498 g/mol. The van der Waals surface area contributed by atoms with Crippen LogP contribution in [0.1, 0.15) is 51.0 Å². The van der Waals surface area contributed by atoms with Gasteiger partial charge in [0.1, 0.15) is 0 Å². The van der Waals surface area contributed by atoms with E-state index in [0.717, 1.165) is 53.3 Å². The monoisotopic (exact) mass is 527 g/mol. The molecule has 7 rings (SSSR count). The number of pyridine rings is 1. The molecule has 2 bridgehead atoms. The van der Waals surface area contributed by atoms with E-state index in [-0.39, 0.29) is 23.1 Å². The molecule has 4 atom stereocenters. The first-order valence-corrected chi connectivity index (χ1v) is 13.2. The molecule has 1 spiro atoms. The number of carbonyl (C=O) groups excluding carboxylic acids is 1. The minimum atomic E-state index is -0.475. The average Bonchev–Trinajstić information content (AvgIpc) is 3.29. The van der Waals surface area contributed by atoms with Gasteiger partial charge in [-0.25, -0.2) is 4.79 Å². The second-order valence-corrected chi connectivity index (χ2v) is 11.1. The third kappa shape index (κ3) is 3.05. The van der Waals surface area contributed by atoms with Crippen molar-refractivity contribution >= 4 is 11.7 Å². The number of ether oxygens (including phenoxy) is 3. The van der Waals surface area contributed by atoms with Crippen molar-refractivity contribution in [3.8, 4) is 22.6 Å². The van der Waals surface area contributed by atoms with Gasteiger partial charge in [-0.05, 0) is 80.6 Å². The molecule has 4 aliphatic rings. The first-order chi connectivity index (χ1) is 18.8. The zero-order valence-electron chi connectivity index (χ0n) is 22.3. The van der Waals surface area contributed by atoms with Gasteiger partial charge in [0, 0.05) is 34.7 Å². The Labute approximate surface area is 225 Å². The molecule has 3 heterocycles. The summed E-state index contributed by atoms with van der Waals surface area (Å²) >= 11 is 0. The molecule has 0 amide bonds. The maximum absolute atomic E-state index is 13.2. The van der Waals surface area contributed by atoms with Gasteiger partial charge in [-0.1, -0.05) is 6.07 Å². The van der Waals surface area contributed by atoms with Gasteiger partial charge >= 0.3 is 5.97 Å². The summed E-state index contributed by atoms with van der Waals surface area (Å²) in [5.74, 6) is 1.31. The summed E-state index contributed by atoms with van der Waals surface area (Å²) < 4.78 is 17.8. The van der Waals surface area contributed by atoms with Gasteiger partial charge in [0.05, 0.1) is 36.1 Å². The summed E-state index contributed by atoms with van der Waals surface area (Å²) in [5.41, 5.74) is 6.52. The predicted molar refractivity (Wildman–Crippen MR) is 142 cm³/mol. The number of non-ortho nitro benzene ring substituents is 1. The van der Waals surface area contributed by atoms with Crippen LogP contribution >= 0.6 is 0 Å². The second-order valence-electron chi connectivity index (χ2n) is 11.1. The molecule has 0 N–H and O–H groups in total. The zero-order valence-corrected chi connectivity index (χ0v) is 22.3. The summed E-state index contributed by atoms with van der Waals surface area (Å²) in [6, 6.07) is 10.9. The van der Waals surface area contributed by atoms with Crippen LogP contribution in [0.15, 0.2) is 36.4 Å². The number of fused-ring (bicyclic) bond motifs is 2. The number of hydrogen-bond acceptors (Lipinski definition) is 8. The maximum Gasteiger partial charge on any atom is 0.340 e. The molecule has 1 aromatic heterocycles. The van der Waals surface area contributed by atoms with Crippen LogP contribution in [-0.2, 0) is 23.0 Å². The number of piperidine rings is 1. The van der Waals surface area contributed by atoms with Crippen LogP contribution in [-0.4, -0.2) is 54.6 Å². The fraction of sp³-hybridized carbons (Fsp3) is 0.400. The Balaban J connectivity index is 1.52. The number of nitro groups is 1. The number of aryl methyl sites for hydroxylation is 1. The van der Waals surface area contributed by atoms with Crippen molar-refractivity contribution in [1.29, 1.82) is 0 Å². The number of methoxy groups -OCH3 is 2. The van der Waals surface area contributed by atoms with Gasteiger partial charge in [-0.3, -0.25) is 15.1 Å². The normalized spacial score (nSPS) is 25.8. The van der Waals surface area contributed by atoms with Gasteiger partial charge < -0.3 is 19.1 Å². The standard InChI is InChI=1S/C30H29N3O6/c1-15-23(29(34)38-4)24(16-5-8-18(9-6-16)33(35)36)19-14-20-21-13-17-7-10-22(37-3)27-25(17)30(20,11-12-32(21)2)28(39-27)26(19)31-15/h5-10,20-21,28H,11-14H2,1-4H3. The molecular formula is C30H29N3O6. The van der Waals surface area contributed by atoms with Crippen LogP contribution in [0.5, 0.6) is 11.5 Å². The molecule has 2 aliphatic carbocycles.